The van der Waals surface area contributed by atoms with Gasteiger partial charge < -0.3 is 9.84 Å². The highest BCUT2D eigenvalue weighted by molar-refractivity contribution is 6.30. The van der Waals surface area contributed by atoms with Crippen LogP contribution in [0.3, 0.4) is 0 Å². The first kappa shape index (κ1) is 15.9. The van der Waals surface area contributed by atoms with Gasteiger partial charge in [-0.2, -0.15) is 5.10 Å². The summed E-state index contributed by atoms with van der Waals surface area (Å²) in [5.41, 5.74) is 3.68. The second-order valence-corrected chi connectivity index (χ2v) is 4.99. The summed E-state index contributed by atoms with van der Waals surface area (Å²) in [7, 11) is 0. The average molecular weight is 319 g/mol. The van der Waals surface area contributed by atoms with E-state index < -0.39 is 5.91 Å². The van der Waals surface area contributed by atoms with Crippen molar-refractivity contribution in [2.45, 2.75) is 6.92 Å². The van der Waals surface area contributed by atoms with Crippen LogP contribution in [-0.4, -0.2) is 23.8 Å². The van der Waals surface area contributed by atoms with E-state index in [1.807, 2.05) is 6.92 Å². The molecule has 0 aliphatic heterocycles. The molecule has 0 aliphatic carbocycles. The lowest BCUT2D eigenvalue weighted by Gasteiger charge is -2.08. The Morgan fingerprint density at radius 1 is 1.36 bits per heavy atom. The number of hydrogen-bond donors (Lipinski definition) is 2. The second kappa shape index (κ2) is 7.47. The van der Waals surface area contributed by atoms with Crippen molar-refractivity contribution < 1.29 is 14.6 Å². The highest BCUT2D eigenvalue weighted by Crippen LogP contribution is 2.21. The van der Waals surface area contributed by atoms with Gasteiger partial charge in [0, 0.05) is 10.6 Å². The number of hydrazone groups is 1. The number of para-hydroxylation sites is 1. The second-order valence-electron chi connectivity index (χ2n) is 4.55. The first-order chi connectivity index (χ1) is 10.6. The number of rotatable bonds is 5. The summed E-state index contributed by atoms with van der Waals surface area (Å²) in [6.07, 6.45) is 1.36. The monoisotopic (exact) mass is 318 g/mol. The van der Waals surface area contributed by atoms with E-state index in [9.17, 15) is 9.90 Å². The number of benzene rings is 2. The van der Waals surface area contributed by atoms with Crippen LogP contribution in [-0.2, 0) is 4.79 Å². The van der Waals surface area contributed by atoms with Crippen LogP contribution in [0.1, 0.15) is 11.1 Å². The first-order valence-electron chi connectivity index (χ1n) is 6.55. The molecule has 2 N–H and O–H groups in total. The van der Waals surface area contributed by atoms with Crippen LogP contribution in [0.4, 0.5) is 0 Å². The maximum absolute atomic E-state index is 11.6. The van der Waals surface area contributed by atoms with Gasteiger partial charge in [0.05, 0.1) is 6.21 Å². The molecule has 1 amide bonds. The standard InChI is InChI=1S/C16H15ClN2O3/c1-11-8-13(17)6-7-15(11)22-10-16(21)19-18-9-12-4-2-3-5-14(12)20/h2-9,20H,10H2,1H3,(H,19,21). The Morgan fingerprint density at radius 3 is 2.86 bits per heavy atom. The number of phenols is 1. The SMILES string of the molecule is Cc1cc(Cl)ccc1OCC(=O)NN=Cc1ccccc1O. The van der Waals surface area contributed by atoms with E-state index in [1.54, 1.807) is 36.4 Å². The van der Waals surface area contributed by atoms with Gasteiger partial charge in [0.15, 0.2) is 6.61 Å². The van der Waals surface area contributed by atoms with E-state index in [1.165, 1.54) is 12.3 Å². The molecular weight excluding hydrogens is 304 g/mol. The van der Waals surface area contributed by atoms with Crippen molar-refractivity contribution in [3.63, 3.8) is 0 Å². The van der Waals surface area contributed by atoms with Gasteiger partial charge in [-0.05, 0) is 42.8 Å². The summed E-state index contributed by atoms with van der Waals surface area (Å²) in [5, 5.41) is 13.9. The van der Waals surface area contributed by atoms with Crippen molar-refractivity contribution in [2.24, 2.45) is 5.10 Å². The van der Waals surface area contributed by atoms with Gasteiger partial charge in [0.1, 0.15) is 11.5 Å². The number of ether oxygens (including phenoxy) is 1. The zero-order valence-corrected chi connectivity index (χ0v) is 12.7. The van der Waals surface area contributed by atoms with Crippen LogP contribution in [0.25, 0.3) is 0 Å². The predicted molar refractivity (Wildman–Crippen MR) is 85.5 cm³/mol. The van der Waals surface area contributed by atoms with E-state index in [0.29, 0.717) is 16.3 Å². The molecule has 22 heavy (non-hydrogen) atoms. The molecule has 0 heterocycles. The van der Waals surface area contributed by atoms with Crippen molar-refractivity contribution >= 4 is 23.7 Å². The maximum Gasteiger partial charge on any atom is 0.277 e. The third-order valence-electron chi connectivity index (χ3n) is 2.83. The minimum atomic E-state index is -0.402. The Kier molecular flexibility index (Phi) is 5.38. The summed E-state index contributed by atoms with van der Waals surface area (Å²) in [6, 6.07) is 11.8. The van der Waals surface area contributed by atoms with Crippen molar-refractivity contribution in [3.05, 3.63) is 58.6 Å². The Hall–Kier alpha value is -2.53. The van der Waals surface area contributed by atoms with Gasteiger partial charge >= 0.3 is 0 Å². The fourth-order valence-electron chi connectivity index (χ4n) is 1.72. The zero-order chi connectivity index (χ0) is 15.9. The van der Waals surface area contributed by atoms with Crippen molar-refractivity contribution in [1.29, 1.82) is 0 Å². The predicted octanol–water partition coefficient (Wildman–Crippen LogP) is 2.88. The highest BCUT2D eigenvalue weighted by Gasteiger charge is 2.04. The van der Waals surface area contributed by atoms with Gasteiger partial charge in [-0.25, -0.2) is 5.43 Å². The molecule has 0 aliphatic rings. The molecule has 2 aromatic rings. The van der Waals surface area contributed by atoms with E-state index in [0.717, 1.165) is 5.56 Å². The topological polar surface area (TPSA) is 70.9 Å². The zero-order valence-electron chi connectivity index (χ0n) is 11.9. The number of phenolic OH excluding ortho intramolecular Hbond substituents is 1. The molecule has 0 spiro atoms. The van der Waals surface area contributed by atoms with E-state index >= 15 is 0 Å². The number of carbonyl (C=O) groups excluding carboxylic acids is 1. The number of amides is 1. The Morgan fingerprint density at radius 2 is 2.14 bits per heavy atom. The number of aryl methyl sites for hydroxylation is 1. The quantitative estimate of drug-likeness (QED) is 0.658. The van der Waals surface area contributed by atoms with Crippen molar-refractivity contribution in [3.8, 4) is 11.5 Å². The average Bonchev–Trinajstić information content (AvgIpc) is 2.48. The third-order valence-corrected chi connectivity index (χ3v) is 3.06. The number of nitrogens with zero attached hydrogens (tertiary/aromatic N) is 1. The fourth-order valence-corrected chi connectivity index (χ4v) is 1.95. The molecule has 5 nitrogen and oxygen atoms in total. The lowest BCUT2D eigenvalue weighted by atomic mass is 10.2. The molecular formula is C16H15ClN2O3. The molecule has 0 aromatic heterocycles. The number of halogens is 1. The summed E-state index contributed by atoms with van der Waals surface area (Å²) in [4.78, 5) is 11.6. The molecule has 0 radical (unpaired) electrons. The molecule has 0 bridgehead atoms. The molecule has 6 heteroatoms. The molecule has 2 aromatic carbocycles. The maximum atomic E-state index is 11.6. The van der Waals surface area contributed by atoms with Gasteiger partial charge in [-0.1, -0.05) is 23.7 Å². The lowest BCUT2D eigenvalue weighted by Crippen LogP contribution is -2.24. The van der Waals surface area contributed by atoms with Crippen molar-refractivity contribution in [2.75, 3.05) is 6.61 Å². The minimum Gasteiger partial charge on any atom is -0.507 e. The number of aromatic hydroxyl groups is 1. The number of hydrogen-bond acceptors (Lipinski definition) is 4. The summed E-state index contributed by atoms with van der Waals surface area (Å²) >= 11 is 5.84. The molecule has 0 saturated carbocycles. The summed E-state index contributed by atoms with van der Waals surface area (Å²) in [5.74, 6) is 0.277. The minimum absolute atomic E-state index is 0.0912. The Labute approximate surface area is 133 Å². The molecule has 0 unspecified atom stereocenters. The van der Waals surface area contributed by atoms with Gasteiger partial charge in [0.25, 0.3) is 5.91 Å². The van der Waals surface area contributed by atoms with Gasteiger partial charge in [-0.3, -0.25) is 4.79 Å². The molecule has 0 atom stereocenters. The molecule has 114 valence electrons. The lowest BCUT2D eigenvalue weighted by molar-refractivity contribution is -0.123. The fraction of sp³-hybridized carbons (Fsp3) is 0.125. The normalized spacial score (nSPS) is 10.6. The Balaban J connectivity index is 1.84. The third kappa shape index (κ3) is 4.49. The largest absolute Gasteiger partial charge is 0.507 e. The van der Waals surface area contributed by atoms with Crippen LogP contribution in [0, 0.1) is 6.92 Å². The van der Waals surface area contributed by atoms with E-state index in [4.69, 9.17) is 16.3 Å². The van der Waals surface area contributed by atoms with Gasteiger partial charge in [-0.15, -0.1) is 0 Å². The number of nitrogens with one attached hydrogen (secondary N) is 1. The number of carbonyl (C=O) groups is 1. The van der Waals surface area contributed by atoms with Crippen LogP contribution in [0.5, 0.6) is 11.5 Å². The van der Waals surface area contributed by atoms with Crippen molar-refractivity contribution in [1.82, 2.24) is 5.43 Å². The van der Waals surface area contributed by atoms with E-state index in [2.05, 4.69) is 10.5 Å². The Bertz CT molecular complexity index is 702. The van der Waals surface area contributed by atoms with Crippen LogP contribution >= 0.6 is 11.6 Å². The van der Waals surface area contributed by atoms with Crippen LogP contribution in [0.15, 0.2) is 47.6 Å². The highest BCUT2D eigenvalue weighted by atomic mass is 35.5. The van der Waals surface area contributed by atoms with Gasteiger partial charge in [0.2, 0.25) is 0 Å². The van der Waals surface area contributed by atoms with E-state index in [-0.39, 0.29) is 12.4 Å². The van der Waals surface area contributed by atoms with Crippen LogP contribution in [0.2, 0.25) is 5.02 Å². The smallest absolute Gasteiger partial charge is 0.277 e. The first-order valence-corrected chi connectivity index (χ1v) is 6.93. The van der Waals surface area contributed by atoms with Crippen LogP contribution < -0.4 is 10.2 Å². The molecule has 0 fully saturated rings. The molecule has 0 saturated heterocycles. The summed E-state index contributed by atoms with van der Waals surface area (Å²) in [6.45, 7) is 1.68. The molecule has 2 rings (SSSR count). The summed E-state index contributed by atoms with van der Waals surface area (Å²) < 4.78 is 5.39.